The van der Waals surface area contributed by atoms with Crippen molar-refractivity contribution in [2.24, 2.45) is 4.99 Å². The van der Waals surface area contributed by atoms with Crippen LogP contribution in [0.4, 0.5) is 0 Å². The third kappa shape index (κ3) is 9.03. The first kappa shape index (κ1) is 24.5. The number of carbonyl (C=O) groups excluding carboxylic acids is 1. The van der Waals surface area contributed by atoms with Crippen molar-refractivity contribution in [2.75, 3.05) is 33.8 Å². The Kier molecular flexibility index (Phi) is 11.6. The Labute approximate surface area is 189 Å². The van der Waals surface area contributed by atoms with Crippen LogP contribution in [-0.2, 0) is 17.8 Å². The number of hydrogen-bond acceptors (Lipinski definition) is 4. The molecule has 8 heteroatoms. The summed E-state index contributed by atoms with van der Waals surface area (Å²) in [5.74, 6) is 2.18. The van der Waals surface area contributed by atoms with Crippen LogP contribution in [0.5, 0.6) is 5.75 Å². The van der Waals surface area contributed by atoms with E-state index in [0.717, 1.165) is 17.1 Å². The number of furan rings is 1. The van der Waals surface area contributed by atoms with Gasteiger partial charge in [0.25, 0.3) is 0 Å². The van der Waals surface area contributed by atoms with E-state index in [4.69, 9.17) is 9.15 Å². The second kappa shape index (κ2) is 13.6. The number of carbonyl (C=O) groups is 1. The third-order valence-corrected chi connectivity index (χ3v) is 3.89. The highest BCUT2D eigenvalue weighted by Gasteiger charge is 2.07. The van der Waals surface area contributed by atoms with Crippen LogP contribution < -0.4 is 15.4 Å². The molecule has 0 spiro atoms. The summed E-state index contributed by atoms with van der Waals surface area (Å²) >= 11 is 0. The van der Waals surface area contributed by atoms with Crippen LogP contribution in [0, 0.1) is 0 Å². The highest BCUT2D eigenvalue weighted by Crippen LogP contribution is 2.18. The van der Waals surface area contributed by atoms with E-state index >= 15 is 0 Å². The van der Waals surface area contributed by atoms with Gasteiger partial charge in [0.15, 0.2) is 5.96 Å². The average molecular weight is 512 g/mol. The summed E-state index contributed by atoms with van der Waals surface area (Å²) in [7, 11) is 3.44. The monoisotopic (exact) mass is 512 g/mol. The van der Waals surface area contributed by atoms with E-state index in [1.165, 1.54) is 4.90 Å². The van der Waals surface area contributed by atoms with Gasteiger partial charge in [0.05, 0.1) is 19.4 Å². The number of rotatable bonds is 10. The first-order chi connectivity index (χ1) is 13.6. The van der Waals surface area contributed by atoms with Gasteiger partial charge in [-0.1, -0.05) is 30.9 Å². The molecule has 7 nitrogen and oxygen atoms in total. The first-order valence-electron chi connectivity index (χ1n) is 9.16. The molecule has 0 saturated carbocycles. The van der Waals surface area contributed by atoms with Crippen molar-refractivity contribution in [2.45, 2.75) is 13.0 Å². The van der Waals surface area contributed by atoms with Crippen molar-refractivity contribution in [1.82, 2.24) is 15.5 Å². The van der Waals surface area contributed by atoms with E-state index in [9.17, 15) is 4.79 Å². The lowest BCUT2D eigenvalue weighted by molar-refractivity contribution is -0.127. The number of para-hydroxylation sites is 1. The predicted molar refractivity (Wildman–Crippen MR) is 126 cm³/mol. The van der Waals surface area contributed by atoms with Gasteiger partial charge in [-0.2, -0.15) is 0 Å². The molecule has 29 heavy (non-hydrogen) atoms. The van der Waals surface area contributed by atoms with Crippen LogP contribution >= 0.6 is 24.0 Å². The molecule has 0 bridgehead atoms. The van der Waals surface area contributed by atoms with E-state index in [1.807, 2.05) is 36.4 Å². The Balaban J connectivity index is 0.00000420. The summed E-state index contributed by atoms with van der Waals surface area (Å²) in [6.07, 6.45) is 4.07. The molecule has 1 aromatic heterocycles. The zero-order valence-electron chi connectivity index (χ0n) is 16.9. The normalized spacial score (nSPS) is 10.6. The molecular formula is C21H29IN4O3. The minimum Gasteiger partial charge on any atom is -0.489 e. The van der Waals surface area contributed by atoms with Crippen LogP contribution in [0.15, 0.2) is 64.7 Å². The number of aliphatic imine (C=N–C) groups is 1. The molecule has 0 aliphatic rings. The molecule has 0 radical (unpaired) electrons. The van der Waals surface area contributed by atoms with Crippen LogP contribution in [0.3, 0.4) is 0 Å². The highest BCUT2D eigenvalue weighted by atomic mass is 127. The molecular weight excluding hydrogens is 483 g/mol. The lowest BCUT2D eigenvalue weighted by Gasteiger charge is -2.15. The molecule has 2 aromatic rings. The minimum atomic E-state index is -0.0322. The molecule has 0 atom stereocenters. The number of amides is 1. The average Bonchev–Trinajstić information content (AvgIpc) is 3.21. The second-order valence-electron chi connectivity index (χ2n) is 6.27. The van der Waals surface area contributed by atoms with E-state index in [1.54, 1.807) is 26.4 Å². The number of halogens is 1. The lowest BCUT2D eigenvalue weighted by atomic mass is 10.2. The van der Waals surface area contributed by atoms with Gasteiger partial charge in [0, 0.05) is 32.6 Å². The van der Waals surface area contributed by atoms with Crippen molar-refractivity contribution in [3.8, 4) is 5.75 Å². The maximum absolute atomic E-state index is 11.9. The van der Waals surface area contributed by atoms with E-state index in [0.29, 0.717) is 32.1 Å². The Hall–Kier alpha value is -2.49. The fraction of sp³-hybridized carbons (Fsp3) is 0.333. The maximum Gasteiger partial charge on any atom is 0.241 e. The Bertz CT molecular complexity index is 776. The van der Waals surface area contributed by atoms with Crippen LogP contribution in [-0.4, -0.2) is 50.6 Å². The number of likely N-dealkylation sites (N-methyl/N-ethyl adjacent to an activating group) is 1. The standard InChI is InChI=1S/C21H28N4O3.HI/c1-4-13-28-19-10-6-5-8-17(19)15-23-21(24-16-20(26)25(2)3)22-12-11-18-9-7-14-27-18;/h4-10,14H,1,11-13,15-16H2,2-3H3,(H2,22,23,24);1H. The quantitative estimate of drug-likeness (QED) is 0.222. The Morgan fingerprint density at radius 2 is 2.03 bits per heavy atom. The van der Waals surface area contributed by atoms with Crippen LogP contribution in [0.1, 0.15) is 11.3 Å². The molecule has 158 valence electrons. The zero-order chi connectivity index (χ0) is 20.2. The second-order valence-corrected chi connectivity index (χ2v) is 6.27. The van der Waals surface area contributed by atoms with Crippen molar-refractivity contribution in [3.63, 3.8) is 0 Å². The number of nitrogens with zero attached hydrogens (tertiary/aromatic N) is 2. The van der Waals surface area contributed by atoms with Gasteiger partial charge in [-0.3, -0.25) is 4.79 Å². The van der Waals surface area contributed by atoms with Gasteiger partial charge in [0.1, 0.15) is 18.1 Å². The fourth-order valence-electron chi connectivity index (χ4n) is 2.34. The molecule has 0 fully saturated rings. The molecule has 0 aliphatic heterocycles. The number of guanidine groups is 1. The summed E-state index contributed by atoms with van der Waals surface area (Å²) in [6, 6.07) is 11.5. The van der Waals surface area contributed by atoms with Gasteiger partial charge in [-0.25, -0.2) is 4.99 Å². The third-order valence-electron chi connectivity index (χ3n) is 3.89. The van der Waals surface area contributed by atoms with Gasteiger partial charge < -0.3 is 24.7 Å². The largest absolute Gasteiger partial charge is 0.489 e. The molecule has 2 rings (SSSR count). The van der Waals surface area contributed by atoms with Gasteiger partial charge in [-0.15, -0.1) is 24.0 Å². The molecule has 1 aromatic carbocycles. The SMILES string of the molecule is C=CCOc1ccccc1CN=C(NCCc1ccco1)NCC(=O)N(C)C.I. The molecule has 0 aliphatic carbocycles. The lowest BCUT2D eigenvalue weighted by Crippen LogP contribution is -2.43. The Morgan fingerprint density at radius 3 is 2.72 bits per heavy atom. The van der Waals surface area contributed by atoms with Gasteiger partial charge in [0.2, 0.25) is 5.91 Å². The van der Waals surface area contributed by atoms with Crippen molar-refractivity contribution >= 4 is 35.8 Å². The topological polar surface area (TPSA) is 79.1 Å². The summed E-state index contributed by atoms with van der Waals surface area (Å²) in [4.78, 5) is 18.0. The fourth-order valence-corrected chi connectivity index (χ4v) is 2.34. The zero-order valence-corrected chi connectivity index (χ0v) is 19.2. The molecule has 1 amide bonds. The Morgan fingerprint density at radius 1 is 1.24 bits per heavy atom. The summed E-state index contributed by atoms with van der Waals surface area (Å²) in [5, 5.41) is 6.31. The highest BCUT2D eigenvalue weighted by molar-refractivity contribution is 14.0. The molecule has 0 unspecified atom stereocenters. The predicted octanol–water partition coefficient (Wildman–Crippen LogP) is 2.83. The van der Waals surface area contributed by atoms with Crippen molar-refractivity contribution < 1.29 is 13.9 Å². The smallest absolute Gasteiger partial charge is 0.241 e. The van der Waals surface area contributed by atoms with Crippen molar-refractivity contribution in [3.05, 3.63) is 66.6 Å². The van der Waals surface area contributed by atoms with E-state index in [-0.39, 0.29) is 36.4 Å². The van der Waals surface area contributed by atoms with Crippen LogP contribution in [0.25, 0.3) is 0 Å². The van der Waals surface area contributed by atoms with Gasteiger partial charge >= 0.3 is 0 Å². The minimum absolute atomic E-state index is 0. The van der Waals surface area contributed by atoms with Crippen molar-refractivity contribution in [1.29, 1.82) is 0 Å². The van der Waals surface area contributed by atoms with E-state index in [2.05, 4.69) is 22.2 Å². The summed E-state index contributed by atoms with van der Waals surface area (Å²) in [5.41, 5.74) is 0.954. The summed E-state index contributed by atoms with van der Waals surface area (Å²) in [6.45, 7) is 5.31. The molecule has 2 N–H and O–H groups in total. The number of nitrogens with one attached hydrogen (secondary N) is 2. The van der Waals surface area contributed by atoms with Gasteiger partial charge in [-0.05, 0) is 18.2 Å². The van der Waals surface area contributed by atoms with E-state index < -0.39 is 0 Å². The number of hydrogen-bond donors (Lipinski definition) is 2. The maximum atomic E-state index is 11.9. The number of ether oxygens (including phenoxy) is 1. The summed E-state index contributed by atoms with van der Waals surface area (Å²) < 4.78 is 11.0. The molecule has 0 saturated heterocycles. The number of benzene rings is 1. The molecule has 1 heterocycles. The first-order valence-corrected chi connectivity index (χ1v) is 9.16. The van der Waals surface area contributed by atoms with Crippen LogP contribution in [0.2, 0.25) is 0 Å².